The number of hydrogen-bond donors (Lipinski definition) is 0. The molecule has 0 aliphatic rings. The minimum Gasteiger partial charge on any atom is -0.192 e. The first-order valence-corrected chi connectivity index (χ1v) is 7.64. The monoisotopic (exact) mass is 267 g/mol. The third-order valence-corrected chi connectivity index (χ3v) is 4.06. The molecular formula is C17H17NS. The van der Waals surface area contributed by atoms with Crippen molar-refractivity contribution in [3.8, 4) is 6.07 Å². The maximum Gasteiger partial charge on any atom is 0.0991 e. The molecule has 0 atom stereocenters. The standard InChI is InChI=1S/C17H17NS/c18-13-16-8-10-17(11-9-16)14-19-12-4-7-15-5-2-1-3-6-15/h1-3,5-6,8-11H,4,7,12,14H2. The SMILES string of the molecule is N#Cc1ccc(CSCCCc2ccccc2)cc1. The molecule has 0 aromatic heterocycles. The second-order valence-corrected chi connectivity index (χ2v) is 5.56. The zero-order valence-corrected chi connectivity index (χ0v) is 11.7. The van der Waals surface area contributed by atoms with Gasteiger partial charge in [0.05, 0.1) is 11.6 Å². The van der Waals surface area contributed by atoms with Crippen LogP contribution in [0, 0.1) is 11.3 Å². The van der Waals surface area contributed by atoms with Crippen LogP contribution in [0.25, 0.3) is 0 Å². The maximum absolute atomic E-state index is 8.73. The van der Waals surface area contributed by atoms with E-state index in [9.17, 15) is 0 Å². The van der Waals surface area contributed by atoms with Gasteiger partial charge in [0.15, 0.2) is 0 Å². The molecule has 0 fully saturated rings. The van der Waals surface area contributed by atoms with Crippen molar-refractivity contribution in [1.29, 1.82) is 5.26 Å². The van der Waals surface area contributed by atoms with Gasteiger partial charge < -0.3 is 0 Å². The molecule has 2 heteroatoms. The molecular weight excluding hydrogens is 250 g/mol. The van der Waals surface area contributed by atoms with E-state index in [2.05, 4.69) is 36.4 Å². The molecule has 0 saturated heterocycles. The van der Waals surface area contributed by atoms with Gasteiger partial charge in [-0.1, -0.05) is 42.5 Å². The Morgan fingerprint density at radius 3 is 2.32 bits per heavy atom. The first kappa shape index (κ1) is 13.7. The molecule has 96 valence electrons. The van der Waals surface area contributed by atoms with Crippen molar-refractivity contribution in [2.45, 2.75) is 18.6 Å². The van der Waals surface area contributed by atoms with Gasteiger partial charge in [0.2, 0.25) is 0 Å². The third-order valence-electron chi connectivity index (χ3n) is 2.95. The summed E-state index contributed by atoms with van der Waals surface area (Å²) in [5, 5.41) is 8.73. The molecule has 0 aliphatic carbocycles. The Hall–Kier alpha value is -1.72. The lowest BCUT2D eigenvalue weighted by atomic mass is 10.1. The van der Waals surface area contributed by atoms with E-state index in [1.54, 1.807) is 0 Å². The van der Waals surface area contributed by atoms with Crippen LogP contribution in [0.5, 0.6) is 0 Å². The average Bonchev–Trinajstić information content (AvgIpc) is 2.49. The fourth-order valence-electron chi connectivity index (χ4n) is 1.89. The Kier molecular flexibility index (Phi) is 5.52. The Labute approximate surface area is 119 Å². The van der Waals surface area contributed by atoms with Crippen LogP contribution < -0.4 is 0 Å². The van der Waals surface area contributed by atoms with Gasteiger partial charge in [0.25, 0.3) is 0 Å². The highest BCUT2D eigenvalue weighted by atomic mass is 32.2. The van der Waals surface area contributed by atoms with Crippen LogP contribution in [0.15, 0.2) is 54.6 Å². The zero-order valence-electron chi connectivity index (χ0n) is 10.9. The number of aryl methyl sites for hydroxylation is 1. The van der Waals surface area contributed by atoms with Crippen LogP contribution in [0.4, 0.5) is 0 Å². The molecule has 0 unspecified atom stereocenters. The molecule has 0 saturated carbocycles. The summed E-state index contributed by atoms with van der Waals surface area (Å²) in [7, 11) is 0. The van der Waals surface area contributed by atoms with Crippen molar-refractivity contribution >= 4 is 11.8 Å². The summed E-state index contributed by atoms with van der Waals surface area (Å²) in [5.41, 5.74) is 3.45. The smallest absolute Gasteiger partial charge is 0.0991 e. The predicted molar refractivity (Wildman–Crippen MR) is 82.1 cm³/mol. The highest BCUT2D eigenvalue weighted by Crippen LogP contribution is 2.15. The third kappa shape index (κ3) is 4.81. The van der Waals surface area contributed by atoms with Gasteiger partial charge in [0, 0.05) is 5.75 Å². The Balaban J connectivity index is 1.65. The molecule has 2 aromatic carbocycles. The van der Waals surface area contributed by atoms with Gasteiger partial charge in [-0.25, -0.2) is 0 Å². The van der Waals surface area contributed by atoms with Crippen molar-refractivity contribution in [2.75, 3.05) is 5.75 Å². The van der Waals surface area contributed by atoms with Crippen LogP contribution in [-0.2, 0) is 12.2 Å². The molecule has 0 radical (unpaired) electrons. The summed E-state index contributed by atoms with van der Waals surface area (Å²) in [4.78, 5) is 0. The summed E-state index contributed by atoms with van der Waals surface area (Å²) < 4.78 is 0. The fourth-order valence-corrected chi connectivity index (χ4v) is 2.81. The number of nitrogens with zero attached hydrogens (tertiary/aromatic N) is 1. The molecule has 19 heavy (non-hydrogen) atoms. The van der Waals surface area contributed by atoms with Gasteiger partial charge >= 0.3 is 0 Å². The van der Waals surface area contributed by atoms with Gasteiger partial charge in [-0.3, -0.25) is 0 Å². The quantitative estimate of drug-likeness (QED) is 0.723. The van der Waals surface area contributed by atoms with Gasteiger partial charge in [-0.05, 0) is 41.9 Å². The Morgan fingerprint density at radius 1 is 0.895 bits per heavy atom. The lowest BCUT2D eigenvalue weighted by Crippen LogP contribution is -1.88. The normalized spacial score (nSPS) is 10.1. The van der Waals surface area contributed by atoms with Crippen molar-refractivity contribution in [2.24, 2.45) is 0 Å². The van der Waals surface area contributed by atoms with E-state index in [0.717, 1.165) is 17.7 Å². The molecule has 2 rings (SSSR count). The molecule has 0 aliphatic heterocycles. The minimum atomic E-state index is 0.734. The van der Waals surface area contributed by atoms with E-state index in [1.165, 1.54) is 23.3 Å². The lowest BCUT2D eigenvalue weighted by molar-refractivity contribution is 0.933. The van der Waals surface area contributed by atoms with E-state index in [0.29, 0.717) is 0 Å². The highest BCUT2D eigenvalue weighted by Gasteiger charge is 1.96. The number of rotatable bonds is 6. The van der Waals surface area contributed by atoms with Crippen LogP contribution in [0.2, 0.25) is 0 Å². The predicted octanol–water partition coefficient (Wildman–Crippen LogP) is 4.42. The lowest BCUT2D eigenvalue weighted by Gasteiger charge is -2.03. The summed E-state index contributed by atoms with van der Waals surface area (Å²) in [6.45, 7) is 0. The molecule has 0 spiro atoms. The van der Waals surface area contributed by atoms with Gasteiger partial charge in [-0.15, -0.1) is 0 Å². The van der Waals surface area contributed by atoms with E-state index in [4.69, 9.17) is 5.26 Å². The fraction of sp³-hybridized carbons (Fsp3) is 0.235. The number of thioether (sulfide) groups is 1. The van der Waals surface area contributed by atoms with Gasteiger partial charge in [-0.2, -0.15) is 17.0 Å². The van der Waals surface area contributed by atoms with Crippen LogP contribution in [0.3, 0.4) is 0 Å². The second-order valence-electron chi connectivity index (χ2n) is 4.45. The first-order valence-electron chi connectivity index (χ1n) is 6.49. The molecule has 0 heterocycles. The van der Waals surface area contributed by atoms with Crippen LogP contribution in [0.1, 0.15) is 23.1 Å². The van der Waals surface area contributed by atoms with Crippen LogP contribution in [-0.4, -0.2) is 5.75 Å². The highest BCUT2D eigenvalue weighted by molar-refractivity contribution is 7.98. The largest absolute Gasteiger partial charge is 0.192 e. The van der Waals surface area contributed by atoms with Crippen molar-refractivity contribution in [1.82, 2.24) is 0 Å². The minimum absolute atomic E-state index is 0.734. The Morgan fingerprint density at radius 2 is 1.63 bits per heavy atom. The molecule has 0 N–H and O–H groups in total. The molecule has 1 nitrogen and oxygen atoms in total. The molecule has 0 bridgehead atoms. The van der Waals surface area contributed by atoms with E-state index < -0.39 is 0 Å². The van der Waals surface area contributed by atoms with E-state index in [1.807, 2.05) is 36.0 Å². The van der Waals surface area contributed by atoms with Gasteiger partial charge in [0.1, 0.15) is 0 Å². The second kappa shape index (κ2) is 7.66. The van der Waals surface area contributed by atoms with Crippen molar-refractivity contribution in [3.05, 3.63) is 71.3 Å². The van der Waals surface area contributed by atoms with Crippen molar-refractivity contribution < 1.29 is 0 Å². The molecule has 2 aromatic rings. The summed E-state index contributed by atoms with van der Waals surface area (Å²) in [5.74, 6) is 2.20. The molecule has 0 amide bonds. The topological polar surface area (TPSA) is 23.8 Å². The van der Waals surface area contributed by atoms with E-state index >= 15 is 0 Å². The maximum atomic E-state index is 8.73. The number of hydrogen-bond acceptors (Lipinski definition) is 2. The number of benzene rings is 2. The van der Waals surface area contributed by atoms with E-state index in [-0.39, 0.29) is 0 Å². The van der Waals surface area contributed by atoms with Crippen LogP contribution >= 0.6 is 11.8 Å². The first-order chi connectivity index (χ1) is 9.38. The summed E-state index contributed by atoms with van der Waals surface area (Å²) in [6.07, 6.45) is 2.37. The van der Waals surface area contributed by atoms with Crippen molar-refractivity contribution in [3.63, 3.8) is 0 Å². The average molecular weight is 267 g/mol. The zero-order chi connectivity index (χ0) is 13.3. The number of nitriles is 1. The summed E-state index contributed by atoms with van der Waals surface area (Å²) in [6, 6.07) is 20.6. The summed E-state index contributed by atoms with van der Waals surface area (Å²) >= 11 is 1.96. The Bertz CT molecular complexity index is 525.